The molecule has 0 bridgehead atoms. The van der Waals surface area contributed by atoms with Gasteiger partial charge in [0.1, 0.15) is 0 Å². The molecule has 0 heterocycles. The van der Waals surface area contributed by atoms with Gasteiger partial charge in [-0.3, -0.25) is 0 Å². The summed E-state index contributed by atoms with van der Waals surface area (Å²) in [7, 11) is 0. The van der Waals surface area contributed by atoms with Crippen LogP contribution in [0.15, 0.2) is 0 Å². The Kier molecular flexibility index (Phi) is 249. The summed E-state index contributed by atoms with van der Waals surface area (Å²) in [6.07, 6.45) is 0. The molecule has 0 fully saturated rings. The quantitative estimate of drug-likeness (QED) is 0.292. The SMILES string of the molecule is N#C[S-].N#C[S-].N#C[S-].N#C[S-].[Ba+2].[Cu+2]. The fraction of sp³-hybridized carbons (Fsp3) is 0. The standard InChI is InChI=1S/4CHNS.Ba.Cu/c4*2-1-3;;/h4*3H;;/q;;;;2*+2/p-4. The van der Waals surface area contributed by atoms with Crippen molar-refractivity contribution >= 4 is 99.4 Å². The third kappa shape index (κ3) is 2120. The predicted octanol–water partition coefficient (Wildman–Crippen LogP) is -0.326. The smallest absolute Gasteiger partial charge is 0.696 e. The largest absolute Gasteiger partial charge is 2.00 e. The number of nitriles is 4. The molecular formula is C4BaCuN4S4. The van der Waals surface area contributed by atoms with Crippen molar-refractivity contribution in [3.63, 3.8) is 0 Å². The topological polar surface area (TPSA) is 95.2 Å². The van der Waals surface area contributed by atoms with Gasteiger partial charge in [-0.25, -0.2) is 21.0 Å². The second-order valence-electron chi connectivity index (χ2n) is 0.365. The summed E-state index contributed by atoms with van der Waals surface area (Å²) >= 11 is 14.8. The summed E-state index contributed by atoms with van der Waals surface area (Å²) in [6, 6.07) is 0. The maximum absolute atomic E-state index is 7.13. The van der Waals surface area contributed by atoms with Crippen LogP contribution in [0.5, 0.6) is 0 Å². The van der Waals surface area contributed by atoms with Crippen molar-refractivity contribution in [3.8, 4) is 21.6 Å². The maximum Gasteiger partial charge on any atom is 2.00 e. The summed E-state index contributed by atoms with van der Waals surface area (Å²) < 4.78 is 0. The fourth-order valence-corrected chi connectivity index (χ4v) is 0. The number of hydrogen-bond acceptors (Lipinski definition) is 8. The van der Waals surface area contributed by atoms with Crippen LogP contribution in [0.4, 0.5) is 0 Å². The minimum absolute atomic E-state index is 0. The van der Waals surface area contributed by atoms with Gasteiger partial charge in [-0.1, -0.05) is 21.6 Å². The molecule has 73 valence electrons. The molecule has 0 aliphatic carbocycles. The van der Waals surface area contributed by atoms with E-state index in [1.807, 2.05) is 0 Å². The molecule has 0 aliphatic rings. The molecule has 0 unspecified atom stereocenters. The van der Waals surface area contributed by atoms with E-state index in [0.717, 1.165) is 0 Å². The molecule has 0 saturated heterocycles. The molecule has 0 amide bonds. The Morgan fingerprint density at radius 3 is 0.571 bits per heavy atom. The summed E-state index contributed by atoms with van der Waals surface area (Å²) in [5.74, 6) is 0. The Labute approximate surface area is 156 Å². The van der Waals surface area contributed by atoms with Gasteiger partial charge in [0.05, 0.1) is 0 Å². The first-order chi connectivity index (χ1) is 5.66. The van der Waals surface area contributed by atoms with Crippen LogP contribution in [0.3, 0.4) is 0 Å². The minimum atomic E-state index is 0. The zero-order chi connectivity index (χ0) is 10.8. The van der Waals surface area contributed by atoms with E-state index >= 15 is 0 Å². The zero-order valence-corrected chi connectivity index (χ0v) is 15.1. The van der Waals surface area contributed by atoms with Crippen LogP contribution < -0.4 is 0 Å². The third-order valence-corrected chi connectivity index (χ3v) is 0. The van der Waals surface area contributed by atoms with Crippen LogP contribution in [0.2, 0.25) is 0 Å². The molecule has 0 saturated carbocycles. The molecule has 0 N–H and O–H groups in total. The second kappa shape index (κ2) is 95.8. The molecule has 0 aromatic heterocycles. The Morgan fingerprint density at radius 2 is 0.571 bits per heavy atom. The summed E-state index contributed by atoms with van der Waals surface area (Å²) in [5.41, 5.74) is 0. The molecule has 0 aromatic rings. The van der Waals surface area contributed by atoms with Crippen LogP contribution >= 0.6 is 0 Å². The Balaban J connectivity index is -0.0000000145. The van der Waals surface area contributed by atoms with Gasteiger partial charge in [-0.2, -0.15) is 0 Å². The first-order valence-corrected chi connectivity index (χ1v) is 3.34. The normalized spacial score (nSPS) is 2.00. The predicted molar refractivity (Wildman–Crippen MR) is 57.7 cm³/mol. The van der Waals surface area contributed by atoms with Crippen LogP contribution in [0.25, 0.3) is 0 Å². The molecule has 0 spiro atoms. The monoisotopic (exact) mass is 433 g/mol. The van der Waals surface area contributed by atoms with E-state index in [9.17, 15) is 0 Å². The van der Waals surface area contributed by atoms with Crippen molar-refractivity contribution in [2.75, 3.05) is 0 Å². The van der Waals surface area contributed by atoms with Gasteiger partial charge in [0, 0.05) is 0 Å². The fourth-order valence-electron chi connectivity index (χ4n) is 0. The summed E-state index contributed by atoms with van der Waals surface area (Å²) in [5, 5.41) is 33.9. The van der Waals surface area contributed by atoms with Crippen LogP contribution in [0.1, 0.15) is 0 Å². The van der Waals surface area contributed by atoms with Crippen molar-refractivity contribution in [1.29, 1.82) is 21.0 Å². The van der Waals surface area contributed by atoms with Gasteiger partial charge < -0.3 is 50.5 Å². The van der Waals surface area contributed by atoms with E-state index in [4.69, 9.17) is 21.0 Å². The van der Waals surface area contributed by atoms with E-state index in [-0.39, 0.29) is 65.9 Å². The molecule has 0 atom stereocenters. The van der Waals surface area contributed by atoms with Crippen LogP contribution in [-0.4, -0.2) is 48.9 Å². The minimum Gasteiger partial charge on any atom is -0.696 e. The van der Waals surface area contributed by atoms with Crippen molar-refractivity contribution < 1.29 is 17.1 Å². The molecule has 1 radical (unpaired) electrons. The zero-order valence-electron chi connectivity index (χ0n) is 6.43. The van der Waals surface area contributed by atoms with E-state index in [0.29, 0.717) is 0 Å². The van der Waals surface area contributed by atoms with Gasteiger partial charge in [-0.05, 0) is 0 Å². The van der Waals surface area contributed by atoms with Crippen LogP contribution in [0, 0.1) is 42.7 Å². The summed E-state index contributed by atoms with van der Waals surface area (Å²) in [4.78, 5) is 0. The van der Waals surface area contributed by atoms with E-state index in [1.165, 1.54) is 21.6 Å². The van der Waals surface area contributed by atoms with Gasteiger partial charge in [0.25, 0.3) is 0 Å². The van der Waals surface area contributed by atoms with Gasteiger partial charge >= 0.3 is 65.9 Å². The Bertz CT molecular complexity index is 163. The van der Waals surface area contributed by atoms with Crippen molar-refractivity contribution in [2.45, 2.75) is 0 Å². The molecule has 0 rings (SSSR count). The third-order valence-electron chi connectivity index (χ3n) is 0. The molecular weight excluding hydrogens is 433 g/mol. The number of thiocyanates is 4. The van der Waals surface area contributed by atoms with E-state index in [2.05, 4.69) is 50.5 Å². The first kappa shape index (κ1) is 36.3. The maximum atomic E-state index is 7.13. The number of rotatable bonds is 0. The second-order valence-corrected chi connectivity index (χ2v) is 1.10. The molecule has 0 aliphatic heterocycles. The number of nitrogens with zero attached hydrogens (tertiary/aromatic N) is 4. The van der Waals surface area contributed by atoms with Gasteiger partial charge in [0.2, 0.25) is 0 Å². The Morgan fingerprint density at radius 1 is 0.571 bits per heavy atom. The van der Waals surface area contributed by atoms with Crippen molar-refractivity contribution in [1.82, 2.24) is 0 Å². The van der Waals surface area contributed by atoms with Crippen molar-refractivity contribution in [2.24, 2.45) is 0 Å². The molecule has 10 heteroatoms. The van der Waals surface area contributed by atoms with Crippen molar-refractivity contribution in [3.05, 3.63) is 0 Å². The van der Waals surface area contributed by atoms with Gasteiger partial charge in [0.15, 0.2) is 0 Å². The summed E-state index contributed by atoms with van der Waals surface area (Å²) in [6.45, 7) is 0. The molecule has 14 heavy (non-hydrogen) atoms. The van der Waals surface area contributed by atoms with E-state index in [1.54, 1.807) is 0 Å². The first-order valence-electron chi connectivity index (χ1n) is 1.71. The number of hydrogen-bond donors (Lipinski definition) is 0. The molecule has 0 aromatic carbocycles. The Hall–Kier alpha value is 0.931. The molecule has 4 nitrogen and oxygen atoms in total. The average molecular weight is 433 g/mol. The van der Waals surface area contributed by atoms with Crippen LogP contribution in [-0.2, 0) is 67.6 Å². The van der Waals surface area contributed by atoms with Gasteiger partial charge in [-0.15, -0.1) is 0 Å². The van der Waals surface area contributed by atoms with E-state index < -0.39 is 0 Å². The average Bonchev–Trinajstić information content (AvgIpc) is 1.92.